The van der Waals surface area contributed by atoms with E-state index in [1.807, 2.05) is 43.3 Å². The van der Waals surface area contributed by atoms with E-state index in [9.17, 15) is 14.7 Å². The Bertz CT molecular complexity index is 823. The van der Waals surface area contributed by atoms with Gasteiger partial charge in [-0.05, 0) is 37.1 Å². The number of likely N-dealkylation sites (N-methyl/N-ethyl adjacent to an activating group) is 1. The van der Waals surface area contributed by atoms with E-state index in [1.54, 1.807) is 13.1 Å². The van der Waals surface area contributed by atoms with Gasteiger partial charge in [0.15, 0.2) is 0 Å². The number of aromatic nitrogens is 1. The molecular weight excluding hydrogens is 380 g/mol. The van der Waals surface area contributed by atoms with Crippen LogP contribution in [0.25, 0.3) is 11.3 Å². The molecule has 2 aromatic rings. The predicted molar refractivity (Wildman–Crippen MR) is 120 cm³/mol. The Morgan fingerprint density at radius 1 is 1.10 bits per heavy atom. The lowest BCUT2D eigenvalue weighted by Crippen LogP contribution is -2.38. The topological polar surface area (TPSA) is 94.6 Å². The standard InChI is InChI=1S/C23H32N4O3/c1-4-6-7-15-25-23(30)27(3)21-10-8-9-19(26-21)18-13-11-17(12-14-18)16-20(22(28)29)24-5-2/h8-14,20,24H,4-7,15-16H2,1-3H3,(H,25,30)(H,28,29). The molecule has 30 heavy (non-hydrogen) atoms. The number of aliphatic carboxylic acids is 1. The van der Waals surface area contributed by atoms with Crippen molar-refractivity contribution in [3.05, 3.63) is 48.0 Å². The molecule has 0 fully saturated rings. The SMILES string of the molecule is CCCCCNC(=O)N(C)c1cccc(-c2ccc(CC(NCC)C(=O)O)cc2)n1. The summed E-state index contributed by atoms with van der Waals surface area (Å²) in [4.78, 5) is 29.8. The lowest BCUT2D eigenvalue weighted by molar-refractivity contribution is -0.139. The smallest absolute Gasteiger partial charge is 0.322 e. The Morgan fingerprint density at radius 3 is 2.47 bits per heavy atom. The molecular formula is C23H32N4O3. The van der Waals surface area contributed by atoms with Crippen LogP contribution in [0.1, 0.15) is 38.7 Å². The molecule has 0 saturated heterocycles. The van der Waals surface area contributed by atoms with Gasteiger partial charge in [0.2, 0.25) is 0 Å². The highest BCUT2D eigenvalue weighted by Gasteiger charge is 2.16. The van der Waals surface area contributed by atoms with Gasteiger partial charge in [-0.25, -0.2) is 9.78 Å². The first-order valence-electron chi connectivity index (χ1n) is 10.5. The molecule has 0 aliphatic heterocycles. The fourth-order valence-corrected chi connectivity index (χ4v) is 3.10. The van der Waals surface area contributed by atoms with E-state index in [1.165, 1.54) is 4.90 Å². The van der Waals surface area contributed by atoms with Crippen molar-refractivity contribution in [3.63, 3.8) is 0 Å². The number of rotatable bonds is 11. The summed E-state index contributed by atoms with van der Waals surface area (Å²) >= 11 is 0. The van der Waals surface area contributed by atoms with Crippen LogP contribution in [-0.2, 0) is 11.2 Å². The van der Waals surface area contributed by atoms with Crippen molar-refractivity contribution in [2.24, 2.45) is 0 Å². The second-order valence-corrected chi connectivity index (χ2v) is 7.23. The number of pyridine rings is 1. The number of urea groups is 1. The van der Waals surface area contributed by atoms with Crippen LogP contribution in [0, 0.1) is 0 Å². The van der Waals surface area contributed by atoms with Crippen molar-refractivity contribution in [1.82, 2.24) is 15.6 Å². The van der Waals surface area contributed by atoms with Crippen LogP contribution in [0.4, 0.5) is 10.6 Å². The number of carbonyl (C=O) groups excluding carboxylic acids is 1. The number of amides is 2. The number of anilines is 1. The molecule has 1 unspecified atom stereocenters. The second kappa shape index (κ2) is 11.9. The molecule has 0 aliphatic carbocycles. The number of carboxylic acids is 1. The van der Waals surface area contributed by atoms with Crippen LogP contribution in [0.3, 0.4) is 0 Å². The van der Waals surface area contributed by atoms with Crippen molar-refractivity contribution in [2.75, 3.05) is 25.0 Å². The fourth-order valence-electron chi connectivity index (χ4n) is 3.10. The summed E-state index contributed by atoms with van der Waals surface area (Å²) in [5.74, 6) is -0.283. The number of hydrogen-bond acceptors (Lipinski definition) is 4. The molecule has 0 aliphatic rings. The average Bonchev–Trinajstić information content (AvgIpc) is 2.76. The summed E-state index contributed by atoms with van der Waals surface area (Å²) in [5, 5.41) is 15.2. The third-order valence-corrected chi connectivity index (χ3v) is 4.88. The largest absolute Gasteiger partial charge is 0.480 e. The third kappa shape index (κ3) is 6.84. The van der Waals surface area contributed by atoms with Crippen LogP contribution in [-0.4, -0.2) is 48.3 Å². The lowest BCUT2D eigenvalue weighted by Gasteiger charge is -2.18. The van der Waals surface area contributed by atoms with Gasteiger partial charge in [-0.15, -0.1) is 0 Å². The Kier molecular flexibility index (Phi) is 9.28. The Labute approximate surface area is 178 Å². The zero-order valence-corrected chi connectivity index (χ0v) is 18.0. The van der Waals surface area contributed by atoms with E-state index >= 15 is 0 Å². The van der Waals surface area contributed by atoms with Gasteiger partial charge in [-0.3, -0.25) is 9.69 Å². The first-order valence-corrected chi connectivity index (χ1v) is 10.5. The highest BCUT2D eigenvalue weighted by molar-refractivity contribution is 5.90. The quantitative estimate of drug-likeness (QED) is 0.489. The summed E-state index contributed by atoms with van der Waals surface area (Å²) in [6, 6.07) is 12.5. The first kappa shape index (κ1) is 23.3. The molecule has 1 aromatic heterocycles. The molecule has 1 heterocycles. The van der Waals surface area contributed by atoms with Gasteiger partial charge in [0, 0.05) is 19.2 Å². The minimum atomic E-state index is -0.855. The summed E-state index contributed by atoms with van der Waals surface area (Å²) in [6.07, 6.45) is 3.58. The van der Waals surface area contributed by atoms with E-state index in [0.29, 0.717) is 25.3 Å². The monoisotopic (exact) mass is 412 g/mol. The summed E-state index contributed by atoms with van der Waals surface area (Å²) in [5.41, 5.74) is 2.60. The van der Waals surface area contributed by atoms with E-state index < -0.39 is 12.0 Å². The predicted octanol–water partition coefficient (Wildman–Crippen LogP) is 3.69. The van der Waals surface area contributed by atoms with Crippen molar-refractivity contribution in [3.8, 4) is 11.3 Å². The fraction of sp³-hybridized carbons (Fsp3) is 0.435. The number of hydrogen-bond donors (Lipinski definition) is 3. The summed E-state index contributed by atoms with van der Waals surface area (Å²) in [7, 11) is 1.71. The zero-order valence-electron chi connectivity index (χ0n) is 18.0. The van der Waals surface area contributed by atoms with Gasteiger partial charge in [0.25, 0.3) is 0 Å². The minimum Gasteiger partial charge on any atom is -0.480 e. The third-order valence-electron chi connectivity index (χ3n) is 4.88. The van der Waals surface area contributed by atoms with E-state index in [2.05, 4.69) is 22.5 Å². The van der Waals surface area contributed by atoms with Crippen LogP contribution >= 0.6 is 0 Å². The number of nitrogens with one attached hydrogen (secondary N) is 2. The van der Waals surface area contributed by atoms with Gasteiger partial charge in [0.1, 0.15) is 11.9 Å². The molecule has 0 bridgehead atoms. The number of unbranched alkanes of at least 4 members (excludes halogenated alkanes) is 2. The van der Waals surface area contributed by atoms with Crippen LogP contribution in [0.2, 0.25) is 0 Å². The van der Waals surface area contributed by atoms with Gasteiger partial charge < -0.3 is 15.7 Å². The molecule has 1 aromatic carbocycles. The maximum atomic E-state index is 12.3. The van der Waals surface area contributed by atoms with Gasteiger partial charge in [-0.2, -0.15) is 0 Å². The molecule has 3 N–H and O–H groups in total. The van der Waals surface area contributed by atoms with Gasteiger partial charge in [0.05, 0.1) is 5.69 Å². The Balaban J connectivity index is 2.06. The van der Waals surface area contributed by atoms with Crippen molar-refractivity contribution in [1.29, 1.82) is 0 Å². The van der Waals surface area contributed by atoms with E-state index in [-0.39, 0.29) is 6.03 Å². The number of nitrogens with zero attached hydrogens (tertiary/aromatic N) is 2. The number of carboxylic acid groups (broad SMARTS) is 1. The first-order chi connectivity index (χ1) is 14.5. The molecule has 162 valence electrons. The molecule has 2 amide bonds. The number of benzene rings is 1. The maximum Gasteiger partial charge on any atom is 0.322 e. The van der Waals surface area contributed by atoms with E-state index in [0.717, 1.165) is 36.1 Å². The van der Waals surface area contributed by atoms with Crippen molar-refractivity contribution in [2.45, 2.75) is 45.6 Å². The van der Waals surface area contributed by atoms with E-state index in [4.69, 9.17) is 0 Å². The van der Waals surface area contributed by atoms with Gasteiger partial charge in [-0.1, -0.05) is 57.0 Å². The summed E-state index contributed by atoms with van der Waals surface area (Å²) < 4.78 is 0. The molecule has 7 heteroatoms. The van der Waals surface area contributed by atoms with Crippen molar-refractivity contribution >= 4 is 17.8 Å². The lowest BCUT2D eigenvalue weighted by atomic mass is 10.0. The molecule has 7 nitrogen and oxygen atoms in total. The molecule has 0 spiro atoms. The Hall–Kier alpha value is -2.93. The minimum absolute atomic E-state index is 0.172. The highest BCUT2D eigenvalue weighted by Crippen LogP contribution is 2.21. The second-order valence-electron chi connectivity index (χ2n) is 7.23. The summed E-state index contributed by atoms with van der Waals surface area (Å²) in [6.45, 7) is 5.27. The maximum absolute atomic E-state index is 12.3. The molecule has 0 saturated carbocycles. The van der Waals surface area contributed by atoms with Crippen LogP contribution in [0.15, 0.2) is 42.5 Å². The van der Waals surface area contributed by atoms with Gasteiger partial charge >= 0.3 is 12.0 Å². The number of carbonyl (C=O) groups is 2. The average molecular weight is 413 g/mol. The van der Waals surface area contributed by atoms with Crippen LogP contribution in [0.5, 0.6) is 0 Å². The van der Waals surface area contributed by atoms with Crippen LogP contribution < -0.4 is 15.5 Å². The highest BCUT2D eigenvalue weighted by atomic mass is 16.4. The molecule has 1 atom stereocenters. The normalized spacial score (nSPS) is 11.7. The zero-order chi connectivity index (χ0) is 21.9. The molecule has 0 radical (unpaired) electrons. The molecule has 2 rings (SSSR count). The van der Waals surface area contributed by atoms with Crippen molar-refractivity contribution < 1.29 is 14.7 Å². The Morgan fingerprint density at radius 2 is 1.83 bits per heavy atom.